The van der Waals surface area contributed by atoms with E-state index in [0.717, 1.165) is 0 Å². The van der Waals surface area contributed by atoms with E-state index in [0.29, 0.717) is 0 Å². The van der Waals surface area contributed by atoms with Crippen LogP contribution in [0.1, 0.15) is 11.9 Å². The molecule has 0 heterocycles. The van der Waals surface area contributed by atoms with Crippen LogP contribution in [0.25, 0.3) is 0 Å². The van der Waals surface area contributed by atoms with Crippen molar-refractivity contribution in [3.05, 3.63) is 0 Å². The third-order valence-electron chi connectivity index (χ3n) is 0.204. The monoisotopic (exact) mass is 78.1 g/mol. The van der Waals surface area contributed by atoms with Gasteiger partial charge in [-0.2, -0.15) is 0 Å². The van der Waals surface area contributed by atoms with Crippen LogP contribution in [0.3, 0.4) is 0 Å². The normalized spacial score (nSPS) is 26.0. The molecule has 0 aliphatic carbocycles. The first kappa shape index (κ1) is 1.21. The van der Waals surface area contributed by atoms with E-state index in [1.807, 2.05) is 0 Å². The van der Waals surface area contributed by atoms with E-state index in [1.54, 1.807) is 0 Å². The first-order valence-corrected chi connectivity index (χ1v) is 1.28. The Hall–Kier alpha value is -0.0800. The van der Waals surface area contributed by atoms with Crippen LogP contribution in [0.5, 0.6) is 0 Å². The molecule has 2 heteroatoms. The lowest BCUT2D eigenvalue weighted by molar-refractivity contribution is 0.844. The van der Waals surface area contributed by atoms with E-state index in [1.165, 1.54) is 0 Å². The first-order chi connectivity index (χ1) is 3.71. The van der Waals surface area contributed by atoms with E-state index < -0.39 is 19.4 Å². The van der Waals surface area contributed by atoms with Crippen LogP contribution >= 0.6 is 0 Å². The predicted molar refractivity (Wildman–Crippen MR) is 22.7 cm³/mol. The zero-order valence-electron chi connectivity index (χ0n) is 6.86. The van der Waals surface area contributed by atoms with E-state index in [-0.39, 0.29) is 0 Å². The lowest BCUT2D eigenvalue weighted by Crippen LogP contribution is -2.06. The highest BCUT2D eigenvalue weighted by molar-refractivity contribution is 4.33. The predicted octanol–water partition coefficient (Wildman–Crippen LogP) is -0.706. The molecule has 0 aliphatic rings. The Labute approximate surface area is 37.8 Å². The number of nitrogens with two attached hydrogens (primary N) is 2. The quantitative estimate of drug-likeness (QED) is 0.458. The van der Waals surface area contributed by atoms with Crippen molar-refractivity contribution in [3.63, 3.8) is 0 Å². The Morgan fingerprint density at radius 3 is 1.80 bits per heavy atom. The molecule has 32 valence electrons. The Bertz CT molecular complexity index is 79.0. The van der Waals surface area contributed by atoms with Gasteiger partial charge in [0, 0.05) is 5.48 Å². The van der Waals surface area contributed by atoms with Crippen LogP contribution < -0.4 is 11.5 Å². The summed E-state index contributed by atoms with van der Waals surface area (Å²) < 4.78 is 26.8. The topological polar surface area (TPSA) is 52.0 Å². The first-order valence-electron chi connectivity index (χ1n) is 3.28. The molecule has 0 radical (unpaired) electrons. The van der Waals surface area contributed by atoms with E-state index >= 15 is 0 Å². The number of rotatable bonds is 2. The van der Waals surface area contributed by atoms with Gasteiger partial charge in [0.05, 0.1) is 0 Å². The molecule has 0 bridgehead atoms. The van der Waals surface area contributed by atoms with Crippen molar-refractivity contribution in [2.75, 3.05) is 13.0 Å². The Balaban J connectivity index is 3.75. The van der Waals surface area contributed by atoms with Gasteiger partial charge in [-0.15, -0.1) is 0 Å². The van der Waals surface area contributed by atoms with Gasteiger partial charge >= 0.3 is 0 Å². The van der Waals surface area contributed by atoms with Gasteiger partial charge < -0.3 is 11.5 Å². The minimum atomic E-state index is -2.02. The van der Waals surface area contributed by atoms with E-state index in [9.17, 15) is 0 Å². The van der Waals surface area contributed by atoms with Gasteiger partial charge in [-0.1, -0.05) is 0 Å². The molecule has 0 spiro atoms. The summed E-state index contributed by atoms with van der Waals surface area (Å²) in [6, 6.07) is 0. The summed E-state index contributed by atoms with van der Waals surface area (Å²) in [6.07, 6.45) is -0.486. The van der Waals surface area contributed by atoms with Crippen molar-refractivity contribution in [3.8, 4) is 0 Å². The van der Waals surface area contributed by atoms with Crippen LogP contribution in [0.2, 0.25) is 0 Å². The van der Waals surface area contributed by atoms with Crippen molar-refractivity contribution in [2.24, 2.45) is 11.5 Å². The molecule has 4 N–H and O–H groups in total. The summed E-state index contributed by atoms with van der Waals surface area (Å²) in [5.41, 5.74) is 9.67. The van der Waals surface area contributed by atoms with Crippen molar-refractivity contribution >= 4 is 0 Å². The molecule has 0 saturated heterocycles. The van der Waals surface area contributed by atoms with E-state index in [4.69, 9.17) is 17.0 Å². The SMILES string of the molecule is [2H]C([2H])(N)CC([2H])([2H])N. The summed E-state index contributed by atoms with van der Waals surface area (Å²) in [5.74, 6) is 0. The zero-order valence-corrected chi connectivity index (χ0v) is 2.86. The molecule has 0 aromatic rings. The highest BCUT2D eigenvalue weighted by Crippen LogP contribution is 1.58. The molecule has 0 aromatic carbocycles. The summed E-state index contributed by atoms with van der Waals surface area (Å²) in [6.45, 7) is -4.03. The lowest BCUT2D eigenvalue weighted by Gasteiger charge is -1.81. The maximum atomic E-state index is 6.71. The average Bonchev–Trinajstić information content (AvgIpc) is 1.14. The smallest absolute Gasteiger partial charge is 0.0426 e. The summed E-state index contributed by atoms with van der Waals surface area (Å²) in [5, 5.41) is 0. The van der Waals surface area contributed by atoms with Gasteiger partial charge in [-0.25, -0.2) is 0 Å². The fraction of sp³-hybridized carbons (Fsp3) is 1.00. The van der Waals surface area contributed by atoms with Gasteiger partial charge in [0.1, 0.15) is 0 Å². The van der Waals surface area contributed by atoms with Crippen molar-refractivity contribution in [1.82, 2.24) is 0 Å². The molecule has 0 unspecified atom stereocenters. The molecule has 0 saturated carbocycles. The number of hydrogen-bond acceptors (Lipinski definition) is 2. The average molecular weight is 78.2 g/mol. The van der Waals surface area contributed by atoms with Crippen molar-refractivity contribution in [2.45, 2.75) is 6.42 Å². The highest BCUT2D eigenvalue weighted by atomic mass is 14.6. The lowest BCUT2D eigenvalue weighted by atomic mass is 10.4. The fourth-order valence-corrected chi connectivity index (χ4v) is 0.0589. The molecule has 0 rings (SSSR count). The minimum absolute atomic E-state index is 0.486. The van der Waals surface area contributed by atoms with Crippen LogP contribution in [-0.4, -0.2) is 13.0 Å². The molecule has 0 fully saturated rings. The van der Waals surface area contributed by atoms with Gasteiger partial charge in [-0.05, 0) is 19.4 Å². The molecule has 2 nitrogen and oxygen atoms in total. The van der Waals surface area contributed by atoms with E-state index in [2.05, 4.69) is 0 Å². The van der Waals surface area contributed by atoms with Crippen LogP contribution in [0.4, 0.5) is 0 Å². The molecule has 5 heavy (non-hydrogen) atoms. The van der Waals surface area contributed by atoms with Crippen LogP contribution in [-0.2, 0) is 0 Å². The Morgan fingerprint density at radius 1 is 1.40 bits per heavy atom. The molecule has 0 aromatic heterocycles. The van der Waals surface area contributed by atoms with Gasteiger partial charge in [0.25, 0.3) is 0 Å². The number of hydrogen-bond donors (Lipinski definition) is 2. The molecular weight excluding hydrogens is 64.0 g/mol. The van der Waals surface area contributed by atoms with Gasteiger partial charge in [0.15, 0.2) is 0 Å². The van der Waals surface area contributed by atoms with Crippen LogP contribution in [0.15, 0.2) is 0 Å². The second-order valence-corrected chi connectivity index (χ2v) is 0.585. The zero-order chi connectivity index (χ0) is 7.71. The van der Waals surface area contributed by atoms with Crippen LogP contribution in [0, 0.1) is 0 Å². The maximum Gasteiger partial charge on any atom is 0.0426 e. The minimum Gasteiger partial charge on any atom is -0.330 e. The molecular formula is C3H10N2. The summed E-state index contributed by atoms with van der Waals surface area (Å²) >= 11 is 0. The molecule has 0 aliphatic heterocycles. The second-order valence-electron chi connectivity index (χ2n) is 0.585. The second kappa shape index (κ2) is 3.92. The third-order valence-corrected chi connectivity index (χ3v) is 0.204. The molecule has 0 amide bonds. The maximum absolute atomic E-state index is 6.71. The van der Waals surface area contributed by atoms with Crippen molar-refractivity contribution in [1.29, 1.82) is 0 Å². The summed E-state index contributed by atoms with van der Waals surface area (Å²) in [4.78, 5) is 0. The van der Waals surface area contributed by atoms with Gasteiger partial charge in [-0.3, -0.25) is 0 Å². The largest absolute Gasteiger partial charge is 0.330 e. The summed E-state index contributed by atoms with van der Waals surface area (Å²) in [7, 11) is 0. The standard InChI is InChI=1S/C3H10N2/c4-2-1-3-5/h1-5H2/i2D2,3D2. The Morgan fingerprint density at radius 2 is 1.80 bits per heavy atom. The third kappa shape index (κ3) is 3.92. The van der Waals surface area contributed by atoms with Gasteiger partial charge in [0.2, 0.25) is 0 Å². The fourth-order valence-electron chi connectivity index (χ4n) is 0.0589. The highest BCUT2D eigenvalue weighted by Gasteiger charge is 1.67. The molecule has 0 atom stereocenters. The Kier molecular flexibility index (Phi) is 0.945. The van der Waals surface area contributed by atoms with Crippen molar-refractivity contribution < 1.29 is 5.48 Å².